The third-order valence-electron chi connectivity index (χ3n) is 3.90. The Morgan fingerprint density at radius 2 is 2.05 bits per heavy atom. The van der Waals surface area contributed by atoms with Gasteiger partial charge in [0, 0.05) is 18.2 Å². The molecule has 1 aliphatic carbocycles. The lowest BCUT2D eigenvalue weighted by molar-refractivity contribution is 0.265. The molecule has 0 unspecified atom stereocenters. The van der Waals surface area contributed by atoms with Gasteiger partial charge in [0.15, 0.2) is 0 Å². The molecule has 0 amide bonds. The van der Waals surface area contributed by atoms with Gasteiger partial charge in [0.25, 0.3) is 0 Å². The molecule has 1 aromatic heterocycles. The normalized spacial score (nSPS) is 14.6. The van der Waals surface area contributed by atoms with Crippen molar-refractivity contribution in [1.82, 2.24) is 5.32 Å². The Morgan fingerprint density at radius 1 is 1.24 bits per heavy atom. The highest BCUT2D eigenvalue weighted by molar-refractivity contribution is 5.35. The van der Waals surface area contributed by atoms with Crippen molar-refractivity contribution >= 4 is 0 Å². The largest absolute Gasteiger partial charge is 0.485 e. The third-order valence-corrected chi connectivity index (χ3v) is 3.90. The van der Waals surface area contributed by atoms with Gasteiger partial charge in [0.1, 0.15) is 18.1 Å². The van der Waals surface area contributed by atoms with Gasteiger partial charge < -0.3 is 14.5 Å². The lowest BCUT2D eigenvalue weighted by Crippen LogP contribution is -2.16. The minimum atomic E-state index is 0.453. The van der Waals surface area contributed by atoms with Gasteiger partial charge in [-0.15, -0.1) is 0 Å². The second-order valence-corrected chi connectivity index (χ2v) is 6.01. The number of hydrogen-bond donors (Lipinski definition) is 1. The smallest absolute Gasteiger partial charge is 0.146 e. The molecule has 1 aliphatic rings. The van der Waals surface area contributed by atoms with E-state index in [1.807, 2.05) is 18.2 Å². The second kappa shape index (κ2) is 6.35. The highest BCUT2D eigenvalue weighted by atomic mass is 16.5. The average molecular weight is 285 g/mol. The first-order valence-corrected chi connectivity index (χ1v) is 7.74. The fourth-order valence-corrected chi connectivity index (χ4v) is 2.43. The van der Waals surface area contributed by atoms with Crippen molar-refractivity contribution in [3.8, 4) is 5.75 Å². The first kappa shape index (κ1) is 14.2. The number of benzene rings is 1. The minimum Gasteiger partial charge on any atom is -0.485 e. The van der Waals surface area contributed by atoms with Crippen molar-refractivity contribution in [2.45, 2.75) is 51.8 Å². The summed E-state index contributed by atoms with van der Waals surface area (Å²) in [5.74, 6) is 2.32. The van der Waals surface area contributed by atoms with Crippen molar-refractivity contribution in [3.63, 3.8) is 0 Å². The molecule has 1 heterocycles. The predicted molar refractivity (Wildman–Crippen MR) is 83.4 cm³/mol. The maximum atomic E-state index is 5.98. The molecule has 3 nitrogen and oxygen atoms in total. The quantitative estimate of drug-likeness (QED) is 0.826. The molecule has 3 heteroatoms. The molecular weight excluding hydrogens is 262 g/mol. The van der Waals surface area contributed by atoms with Gasteiger partial charge in [-0.1, -0.05) is 32.0 Å². The summed E-state index contributed by atoms with van der Waals surface area (Å²) in [4.78, 5) is 0. The van der Waals surface area contributed by atoms with Crippen molar-refractivity contribution in [2.24, 2.45) is 0 Å². The summed E-state index contributed by atoms with van der Waals surface area (Å²) in [5.41, 5.74) is 2.44. The zero-order valence-corrected chi connectivity index (χ0v) is 12.8. The fourth-order valence-electron chi connectivity index (χ4n) is 2.43. The van der Waals surface area contributed by atoms with Crippen LogP contribution in [-0.4, -0.2) is 6.04 Å². The van der Waals surface area contributed by atoms with Crippen LogP contribution in [0.3, 0.4) is 0 Å². The summed E-state index contributed by atoms with van der Waals surface area (Å²) in [6.07, 6.45) is 4.34. The van der Waals surface area contributed by atoms with E-state index in [1.54, 1.807) is 6.26 Å². The minimum absolute atomic E-state index is 0.453. The van der Waals surface area contributed by atoms with Crippen LogP contribution in [0.2, 0.25) is 0 Å². The second-order valence-electron chi connectivity index (χ2n) is 6.01. The number of para-hydroxylation sites is 1. The standard InChI is InChI=1S/C18H23NO2/c1-13(2)16-5-3-4-6-17(16)21-12-18-14(9-10-20-18)11-19-15-7-8-15/h3-6,9-10,13,15,19H,7-8,11-12H2,1-2H3. The van der Waals surface area contributed by atoms with Gasteiger partial charge in [0.2, 0.25) is 0 Å². The molecule has 2 aromatic rings. The van der Waals surface area contributed by atoms with Gasteiger partial charge in [-0.3, -0.25) is 0 Å². The summed E-state index contributed by atoms with van der Waals surface area (Å²) in [7, 11) is 0. The Kier molecular flexibility index (Phi) is 4.30. The highest BCUT2D eigenvalue weighted by Gasteiger charge is 2.21. The van der Waals surface area contributed by atoms with E-state index in [2.05, 4.69) is 31.3 Å². The van der Waals surface area contributed by atoms with Crippen LogP contribution < -0.4 is 10.1 Å². The van der Waals surface area contributed by atoms with E-state index in [-0.39, 0.29) is 0 Å². The third kappa shape index (κ3) is 3.67. The molecule has 21 heavy (non-hydrogen) atoms. The molecule has 0 atom stereocenters. The number of furan rings is 1. The molecule has 1 aromatic carbocycles. The topological polar surface area (TPSA) is 34.4 Å². The molecule has 1 fully saturated rings. The molecule has 0 aliphatic heterocycles. The van der Waals surface area contributed by atoms with E-state index >= 15 is 0 Å². The number of nitrogens with one attached hydrogen (secondary N) is 1. The SMILES string of the molecule is CC(C)c1ccccc1OCc1occc1CNC1CC1. The molecule has 112 valence electrons. The van der Waals surface area contributed by atoms with E-state index in [0.29, 0.717) is 18.6 Å². The van der Waals surface area contributed by atoms with Crippen molar-refractivity contribution in [1.29, 1.82) is 0 Å². The van der Waals surface area contributed by atoms with Crippen LogP contribution in [0, 0.1) is 0 Å². The van der Waals surface area contributed by atoms with Gasteiger partial charge >= 0.3 is 0 Å². The Morgan fingerprint density at radius 3 is 2.81 bits per heavy atom. The van der Waals surface area contributed by atoms with Crippen LogP contribution in [0.15, 0.2) is 41.0 Å². The monoisotopic (exact) mass is 285 g/mol. The van der Waals surface area contributed by atoms with E-state index in [4.69, 9.17) is 9.15 Å². The van der Waals surface area contributed by atoms with Crippen LogP contribution in [0.4, 0.5) is 0 Å². The Labute approximate surface area is 126 Å². The van der Waals surface area contributed by atoms with Crippen molar-refractivity contribution in [3.05, 3.63) is 53.5 Å². The molecule has 0 saturated heterocycles. The molecule has 1 saturated carbocycles. The number of rotatable bonds is 7. The van der Waals surface area contributed by atoms with Crippen molar-refractivity contribution in [2.75, 3.05) is 0 Å². The van der Waals surface area contributed by atoms with E-state index in [0.717, 1.165) is 18.1 Å². The summed E-state index contributed by atoms with van der Waals surface area (Å²) >= 11 is 0. The summed E-state index contributed by atoms with van der Waals surface area (Å²) in [5, 5.41) is 3.51. The van der Waals surface area contributed by atoms with Crippen molar-refractivity contribution < 1.29 is 9.15 Å². The lowest BCUT2D eigenvalue weighted by Gasteiger charge is -2.13. The molecule has 0 spiro atoms. The van der Waals surface area contributed by atoms with Gasteiger partial charge in [-0.05, 0) is 36.5 Å². The van der Waals surface area contributed by atoms with Crippen LogP contribution in [0.5, 0.6) is 5.75 Å². The Balaban J connectivity index is 1.63. The number of ether oxygens (including phenoxy) is 1. The van der Waals surface area contributed by atoms with E-state index in [1.165, 1.54) is 24.0 Å². The first-order valence-electron chi connectivity index (χ1n) is 7.74. The van der Waals surface area contributed by atoms with Crippen LogP contribution in [0.25, 0.3) is 0 Å². The maximum Gasteiger partial charge on any atom is 0.146 e. The summed E-state index contributed by atoms with van der Waals surface area (Å²) < 4.78 is 11.6. The zero-order valence-electron chi connectivity index (χ0n) is 12.8. The van der Waals surface area contributed by atoms with E-state index in [9.17, 15) is 0 Å². The summed E-state index contributed by atoms with van der Waals surface area (Å²) in [6.45, 7) is 5.71. The van der Waals surface area contributed by atoms with Crippen LogP contribution >= 0.6 is 0 Å². The van der Waals surface area contributed by atoms with Crippen LogP contribution in [0.1, 0.15) is 49.5 Å². The molecule has 0 bridgehead atoms. The summed E-state index contributed by atoms with van der Waals surface area (Å²) in [6, 6.07) is 11.0. The average Bonchev–Trinajstić information content (AvgIpc) is 3.21. The molecular formula is C18H23NO2. The van der Waals surface area contributed by atoms with Crippen LogP contribution in [-0.2, 0) is 13.2 Å². The zero-order chi connectivity index (χ0) is 14.7. The van der Waals surface area contributed by atoms with Gasteiger partial charge in [-0.25, -0.2) is 0 Å². The lowest BCUT2D eigenvalue weighted by atomic mass is 10.0. The van der Waals surface area contributed by atoms with E-state index < -0.39 is 0 Å². The first-order chi connectivity index (χ1) is 10.2. The molecule has 1 N–H and O–H groups in total. The Bertz CT molecular complexity index is 584. The number of hydrogen-bond acceptors (Lipinski definition) is 3. The fraction of sp³-hybridized carbons (Fsp3) is 0.444. The highest BCUT2D eigenvalue weighted by Crippen LogP contribution is 2.27. The Hall–Kier alpha value is -1.74. The van der Waals surface area contributed by atoms with Gasteiger partial charge in [0.05, 0.1) is 6.26 Å². The molecule has 3 rings (SSSR count). The maximum absolute atomic E-state index is 5.98. The predicted octanol–water partition coefficient (Wildman–Crippen LogP) is 4.23. The molecule has 0 radical (unpaired) electrons. The van der Waals surface area contributed by atoms with Gasteiger partial charge in [-0.2, -0.15) is 0 Å².